The summed E-state index contributed by atoms with van der Waals surface area (Å²) in [7, 11) is 1.90. The second-order valence-electron chi connectivity index (χ2n) is 6.12. The van der Waals surface area contributed by atoms with E-state index in [0.717, 1.165) is 21.8 Å². The molecular formula is C13H20BrN3. The van der Waals surface area contributed by atoms with Crippen molar-refractivity contribution in [2.45, 2.75) is 51.4 Å². The van der Waals surface area contributed by atoms with Crippen molar-refractivity contribution in [2.24, 2.45) is 0 Å². The predicted molar refractivity (Wildman–Crippen MR) is 74.6 cm³/mol. The first-order valence-electron chi connectivity index (χ1n) is 6.04. The summed E-state index contributed by atoms with van der Waals surface area (Å²) in [6, 6.07) is 0. The zero-order valence-corrected chi connectivity index (χ0v) is 12.8. The Morgan fingerprint density at radius 3 is 2.24 bits per heavy atom. The highest BCUT2D eigenvalue weighted by Crippen LogP contribution is 2.47. The number of nitrogens with zero attached hydrogens (tertiary/aromatic N) is 2. The van der Waals surface area contributed by atoms with Gasteiger partial charge in [-0.2, -0.15) is 0 Å². The monoisotopic (exact) mass is 297 g/mol. The summed E-state index contributed by atoms with van der Waals surface area (Å²) >= 11 is 3.61. The van der Waals surface area contributed by atoms with Crippen molar-refractivity contribution in [3.63, 3.8) is 0 Å². The second-order valence-corrected chi connectivity index (χ2v) is 6.91. The Balaban J connectivity index is 2.58. The van der Waals surface area contributed by atoms with Crippen LogP contribution in [0.1, 0.15) is 52.1 Å². The molecule has 0 radical (unpaired) electrons. The van der Waals surface area contributed by atoms with Crippen LogP contribution in [-0.2, 0) is 10.8 Å². The van der Waals surface area contributed by atoms with E-state index in [1.54, 1.807) is 0 Å². The van der Waals surface area contributed by atoms with Crippen LogP contribution in [0.25, 0.3) is 0 Å². The Morgan fingerprint density at radius 2 is 1.82 bits per heavy atom. The highest BCUT2D eigenvalue weighted by Gasteiger charge is 2.43. The number of rotatable bonds is 2. The van der Waals surface area contributed by atoms with Crippen LogP contribution in [0.5, 0.6) is 0 Å². The van der Waals surface area contributed by atoms with Crippen molar-refractivity contribution in [1.82, 2.24) is 9.97 Å². The molecule has 94 valence electrons. The molecule has 17 heavy (non-hydrogen) atoms. The van der Waals surface area contributed by atoms with Crippen molar-refractivity contribution in [1.29, 1.82) is 0 Å². The fourth-order valence-electron chi connectivity index (χ4n) is 1.79. The Hall–Kier alpha value is -0.640. The molecule has 0 unspecified atom stereocenters. The molecule has 1 heterocycles. The molecule has 3 nitrogen and oxygen atoms in total. The van der Waals surface area contributed by atoms with E-state index in [9.17, 15) is 0 Å². The fourth-order valence-corrected chi connectivity index (χ4v) is 2.76. The van der Waals surface area contributed by atoms with Gasteiger partial charge in [-0.05, 0) is 28.8 Å². The molecule has 1 fully saturated rings. The molecular weight excluding hydrogens is 278 g/mol. The smallest absolute Gasteiger partial charge is 0.144 e. The molecule has 2 rings (SSSR count). The number of hydrogen-bond acceptors (Lipinski definition) is 3. The standard InChI is InChI=1S/C13H20BrN3/c1-12(2,3)9-8(14)10(15-5)17-11(16-9)13(4)6-7-13/h6-7H2,1-5H3,(H,15,16,17). The zero-order valence-electron chi connectivity index (χ0n) is 11.2. The molecule has 1 aromatic rings. The lowest BCUT2D eigenvalue weighted by Gasteiger charge is -2.23. The molecule has 0 amide bonds. The molecule has 1 aliphatic rings. The number of anilines is 1. The fraction of sp³-hybridized carbons (Fsp3) is 0.692. The van der Waals surface area contributed by atoms with E-state index in [0.29, 0.717) is 0 Å². The Kier molecular flexibility index (Phi) is 2.97. The first-order chi connectivity index (χ1) is 7.78. The van der Waals surface area contributed by atoms with Gasteiger partial charge >= 0.3 is 0 Å². The summed E-state index contributed by atoms with van der Waals surface area (Å²) in [6.45, 7) is 8.78. The largest absolute Gasteiger partial charge is 0.372 e. The minimum Gasteiger partial charge on any atom is -0.372 e. The minimum atomic E-state index is 0.0212. The highest BCUT2D eigenvalue weighted by molar-refractivity contribution is 9.10. The molecule has 1 aliphatic carbocycles. The predicted octanol–water partition coefficient (Wildman–Crippen LogP) is 3.63. The van der Waals surface area contributed by atoms with Crippen LogP contribution in [0.3, 0.4) is 0 Å². The molecule has 0 atom stereocenters. The van der Waals surface area contributed by atoms with Crippen LogP contribution in [0.15, 0.2) is 4.47 Å². The molecule has 4 heteroatoms. The molecule has 0 spiro atoms. The van der Waals surface area contributed by atoms with Gasteiger partial charge in [0.25, 0.3) is 0 Å². The second kappa shape index (κ2) is 3.94. The number of hydrogen-bond donors (Lipinski definition) is 1. The van der Waals surface area contributed by atoms with Crippen molar-refractivity contribution < 1.29 is 0 Å². The highest BCUT2D eigenvalue weighted by atomic mass is 79.9. The lowest BCUT2D eigenvalue weighted by molar-refractivity contribution is 0.551. The molecule has 1 aromatic heterocycles. The summed E-state index contributed by atoms with van der Waals surface area (Å²) in [6.07, 6.45) is 2.39. The lowest BCUT2D eigenvalue weighted by Crippen LogP contribution is -2.20. The third-order valence-corrected chi connectivity index (χ3v) is 4.09. The van der Waals surface area contributed by atoms with Crippen LogP contribution in [0.4, 0.5) is 5.82 Å². The molecule has 0 aliphatic heterocycles. The van der Waals surface area contributed by atoms with Gasteiger partial charge in [0.15, 0.2) is 0 Å². The van der Waals surface area contributed by atoms with Gasteiger partial charge < -0.3 is 5.32 Å². The SMILES string of the molecule is CNc1nc(C2(C)CC2)nc(C(C)(C)C)c1Br. The van der Waals surface area contributed by atoms with E-state index in [4.69, 9.17) is 4.98 Å². The summed E-state index contributed by atoms with van der Waals surface area (Å²) in [5.41, 5.74) is 1.31. The quantitative estimate of drug-likeness (QED) is 0.906. The van der Waals surface area contributed by atoms with Gasteiger partial charge in [-0.1, -0.05) is 27.7 Å². The topological polar surface area (TPSA) is 37.8 Å². The lowest BCUT2D eigenvalue weighted by atomic mass is 9.91. The van der Waals surface area contributed by atoms with E-state index in [-0.39, 0.29) is 10.8 Å². The summed E-state index contributed by atoms with van der Waals surface area (Å²) in [5, 5.41) is 3.15. The van der Waals surface area contributed by atoms with Crippen LogP contribution in [-0.4, -0.2) is 17.0 Å². The van der Waals surface area contributed by atoms with E-state index < -0.39 is 0 Å². The van der Waals surface area contributed by atoms with Gasteiger partial charge in [0.05, 0.1) is 10.2 Å². The molecule has 0 bridgehead atoms. The number of halogens is 1. The molecule has 0 saturated heterocycles. The van der Waals surface area contributed by atoms with Gasteiger partial charge in [0, 0.05) is 17.9 Å². The molecule has 1 saturated carbocycles. The van der Waals surface area contributed by atoms with Crippen LogP contribution < -0.4 is 5.32 Å². The third kappa shape index (κ3) is 2.32. The Labute approximate surface area is 112 Å². The summed E-state index contributed by atoms with van der Waals surface area (Å²) in [5.74, 6) is 1.88. The van der Waals surface area contributed by atoms with Crippen LogP contribution in [0, 0.1) is 0 Å². The summed E-state index contributed by atoms with van der Waals surface area (Å²) in [4.78, 5) is 9.42. The summed E-state index contributed by atoms with van der Waals surface area (Å²) < 4.78 is 0.987. The third-order valence-electron chi connectivity index (χ3n) is 3.34. The molecule has 1 N–H and O–H groups in total. The van der Waals surface area contributed by atoms with Crippen LogP contribution >= 0.6 is 15.9 Å². The maximum absolute atomic E-state index is 4.79. The first kappa shape index (κ1) is 12.8. The van der Waals surface area contributed by atoms with E-state index in [2.05, 4.69) is 53.9 Å². The maximum atomic E-state index is 4.79. The van der Waals surface area contributed by atoms with Gasteiger partial charge in [0.1, 0.15) is 11.6 Å². The number of aromatic nitrogens is 2. The van der Waals surface area contributed by atoms with Gasteiger partial charge in [-0.25, -0.2) is 9.97 Å². The number of nitrogens with one attached hydrogen (secondary N) is 1. The van der Waals surface area contributed by atoms with Gasteiger partial charge in [0.2, 0.25) is 0 Å². The normalized spacial score (nSPS) is 18.0. The molecule has 0 aromatic carbocycles. The van der Waals surface area contributed by atoms with Crippen molar-refractivity contribution in [3.05, 3.63) is 16.0 Å². The average molecular weight is 298 g/mol. The van der Waals surface area contributed by atoms with Gasteiger partial charge in [-0.3, -0.25) is 0 Å². The van der Waals surface area contributed by atoms with Crippen LogP contribution in [0.2, 0.25) is 0 Å². The first-order valence-corrected chi connectivity index (χ1v) is 6.83. The Morgan fingerprint density at radius 1 is 1.24 bits per heavy atom. The van der Waals surface area contributed by atoms with Crippen molar-refractivity contribution in [2.75, 3.05) is 12.4 Å². The maximum Gasteiger partial charge on any atom is 0.144 e. The van der Waals surface area contributed by atoms with Crippen molar-refractivity contribution in [3.8, 4) is 0 Å². The van der Waals surface area contributed by atoms with Gasteiger partial charge in [-0.15, -0.1) is 0 Å². The van der Waals surface area contributed by atoms with E-state index >= 15 is 0 Å². The average Bonchev–Trinajstić information content (AvgIpc) is 2.96. The zero-order chi connectivity index (χ0) is 12.8. The van der Waals surface area contributed by atoms with Crippen molar-refractivity contribution >= 4 is 21.7 Å². The minimum absolute atomic E-state index is 0.0212. The van der Waals surface area contributed by atoms with E-state index in [1.807, 2.05) is 7.05 Å². The Bertz CT molecular complexity index is 445. The van der Waals surface area contributed by atoms with E-state index in [1.165, 1.54) is 12.8 Å².